The minimum absolute atomic E-state index is 0.310. The molecule has 1 aromatic rings. The Balaban J connectivity index is 2.36. The molecule has 92 valence electrons. The highest BCUT2D eigenvalue weighted by Gasteiger charge is 2.02. The number of nitriles is 1. The number of halogens is 1. The first-order chi connectivity index (χ1) is 8.27. The summed E-state index contributed by atoms with van der Waals surface area (Å²) in [5.41, 5.74) is 1.22. The standard InChI is InChI=1S/C13H17FN2O/c1-2-17-7-3-6-16-10-12-8-13(14)5-4-11(12)9-15/h4-5,8,16H,2-3,6-7,10H2,1H3. The van der Waals surface area contributed by atoms with Crippen molar-refractivity contribution >= 4 is 0 Å². The first-order valence-electron chi connectivity index (χ1n) is 5.75. The molecule has 0 atom stereocenters. The summed E-state index contributed by atoms with van der Waals surface area (Å²) in [6.07, 6.45) is 0.908. The molecule has 0 saturated carbocycles. The third kappa shape index (κ3) is 4.94. The summed E-state index contributed by atoms with van der Waals surface area (Å²) in [5, 5.41) is 12.0. The summed E-state index contributed by atoms with van der Waals surface area (Å²) in [6, 6.07) is 6.26. The summed E-state index contributed by atoms with van der Waals surface area (Å²) in [4.78, 5) is 0. The van der Waals surface area contributed by atoms with Gasteiger partial charge in [-0.25, -0.2) is 4.39 Å². The molecule has 17 heavy (non-hydrogen) atoms. The summed E-state index contributed by atoms with van der Waals surface area (Å²) >= 11 is 0. The third-order valence-corrected chi connectivity index (χ3v) is 2.35. The van der Waals surface area contributed by atoms with Crippen LogP contribution in [0.1, 0.15) is 24.5 Å². The molecule has 3 nitrogen and oxygen atoms in total. The van der Waals surface area contributed by atoms with Crippen molar-refractivity contribution in [3.63, 3.8) is 0 Å². The molecule has 0 aliphatic carbocycles. The Bertz CT molecular complexity index is 387. The number of hydrogen-bond donors (Lipinski definition) is 1. The molecule has 1 rings (SSSR count). The van der Waals surface area contributed by atoms with E-state index >= 15 is 0 Å². The van der Waals surface area contributed by atoms with Crippen LogP contribution in [-0.2, 0) is 11.3 Å². The fourth-order valence-corrected chi connectivity index (χ4v) is 1.48. The highest BCUT2D eigenvalue weighted by molar-refractivity contribution is 5.37. The van der Waals surface area contributed by atoms with Gasteiger partial charge in [0.05, 0.1) is 11.6 Å². The van der Waals surface area contributed by atoms with E-state index in [1.807, 2.05) is 6.92 Å². The van der Waals surface area contributed by atoms with E-state index in [4.69, 9.17) is 10.00 Å². The quantitative estimate of drug-likeness (QED) is 0.738. The maximum Gasteiger partial charge on any atom is 0.123 e. The van der Waals surface area contributed by atoms with Gasteiger partial charge in [0.15, 0.2) is 0 Å². The predicted octanol–water partition coefficient (Wildman–Crippen LogP) is 2.21. The van der Waals surface area contributed by atoms with Crippen molar-refractivity contribution in [1.29, 1.82) is 5.26 Å². The van der Waals surface area contributed by atoms with Gasteiger partial charge < -0.3 is 10.1 Å². The Morgan fingerprint density at radius 2 is 2.29 bits per heavy atom. The highest BCUT2D eigenvalue weighted by atomic mass is 19.1. The van der Waals surface area contributed by atoms with E-state index in [0.29, 0.717) is 17.7 Å². The van der Waals surface area contributed by atoms with E-state index < -0.39 is 0 Å². The second-order valence-electron chi connectivity index (χ2n) is 3.64. The van der Waals surface area contributed by atoms with Gasteiger partial charge >= 0.3 is 0 Å². The van der Waals surface area contributed by atoms with Crippen LogP contribution in [0.3, 0.4) is 0 Å². The molecular weight excluding hydrogens is 219 g/mol. The van der Waals surface area contributed by atoms with Crippen LogP contribution in [0.15, 0.2) is 18.2 Å². The fourth-order valence-electron chi connectivity index (χ4n) is 1.48. The lowest BCUT2D eigenvalue weighted by atomic mass is 10.1. The summed E-state index contributed by atoms with van der Waals surface area (Å²) in [7, 11) is 0. The van der Waals surface area contributed by atoms with Gasteiger partial charge in [0, 0.05) is 19.8 Å². The monoisotopic (exact) mass is 236 g/mol. The Kier molecular flexibility index (Phi) is 6.23. The third-order valence-electron chi connectivity index (χ3n) is 2.35. The number of rotatable bonds is 7. The van der Waals surface area contributed by atoms with E-state index in [9.17, 15) is 4.39 Å². The zero-order valence-corrected chi connectivity index (χ0v) is 10.0. The van der Waals surface area contributed by atoms with Gasteiger partial charge in [-0.05, 0) is 43.7 Å². The normalized spacial score (nSPS) is 10.2. The smallest absolute Gasteiger partial charge is 0.123 e. The average molecular weight is 236 g/mol. The predicted molar refractivity (Wildman–Crippen MR) is 63.9 cm³/mol. The molecule has 0 aliphatic heterocycles. The first-order valence-corrected chi connectivity index (χ1v) is 5.75. The summed E-state index contributed by atoms with van der Waals surface area (Å²) in [6.45, 7) is 4.70. The lowest BCUT2D eigenvalue weighted by Crippen LogP contribution is -2.17. The molecule has 0 radical (unpaired) electrons. The van der Waals surface area contributed by atoms with E-state index in [2.05, 4.69) is 11.4 Å². The molecule has 1 N–H and O–H groups in total. The van der Waals surface area contributed by atoms with Gasteiger partial charge in [-0.15, -0.1) is 0 Å². The molecule has 0 spiro atoms. The number of ether oxygens (including phenoxy) is 1. The number of benzene rings is 1. The molecule has 0 unspecified atom stereocenters. The molecule has 0 heterocycles. The maximum absolute atomic E-state index is 13.0. The largest absolute Gasteiger partial charge is 0.382 e. The van der Waals surface area contributed by atoms with Gasteiger partial charge in [0.25, 0.3) is 0 Å². The van der Waals surface area contributed by atoms with Gasteiger partial charge in [-0.3, -0.25) is 0 Å². The van der Waals surface area contributed by atoms with Crippen LogP contribution in [-0.4, -0.2) is 19.8 Å². The lowest BCUT2D eigenvalue weighted by Gasteiger charge is -2.06. The summed E-state index contributed by atoms with van der Waals surface area (Å²) in [5.74, 6) is -0.310. The topological polar surface area (TPSA) is 45.0 Å². The van der Waals surface area contributed by atoms with Crippen LogP contribution in [0.25, 0.3) is 0 Å². The van der Waals surface area contributed by atoms with Crippen molar-refractivity contribution in [2.45, 2.75) is 19.9 Å². The SMILES string of the molecule is CCOCCCNCc1cc(F)ccc1C#N. The molecule has 0 aromatic heterocycles. The molecule has 0 amide bonds. The van der Waals surface area contributed by atoms with Crippen molar-refractivity contribution in [3.05, 3.63) is 35.1 Å². The van der Waals surface area contributed by atoms with Crippen LogP contribution < -0.4 is 5.32 Å². The number of nitrogens with zero attached hydrogens (tertiary/aromatic N) is 1. The zero-order chi connectivity index (χ0) is 12.5. The minimum atomic E-state index is -0.310. The molecule has 0 aliphatic rings. The average Bonchev–Trinajstić information content (AvgIpc) is 2.34. The van der Waals surface area contributed by atoms with Crippen LogP contribution in [0.4, 0.5) is 4.39 Å². The Morgan fingerprint density at radius 3 is 3.00 bits per heavy atom. The lowest BCUT2D eigenvalue weighted by molar-refractivity contribution is 0.144. The van der Waals surface area contributed by atoms with Crippen molar-refractivity contribution in [3.8, 4) is 6.07 Å². The first kappa shape index (κ1) is 13.6. The molecule has 0 fully saturated rings. The van der Waals surface area contributed by atoms with Crippen molar-refractivity contribution in [1.82, 2.24) is 5.32 Å². The second kappa shape index (κ2) is 7.77. The van der Waals surface area contributed by atoms with Crippen LogP contribution in [0, 0.1) is 17.1 Å². The Morgan fingerprint density at radius 1 is 1.47 bits per heavy atom. The molecule has 1 aromatic carbocycles. The van der Waals surface area contributed by atoms with E-state index in [-0.39, 0.29) is 5.82 Å². The van der Waals surface area contributed by atoms with E-state index in [0.717, 1.165) is 26.2 Å². The van der Waals surface area contributed by atoms with Crippen molar-refractivity contribution < 1.29 is 9.13 Å². The van der Waals surface area contributed by atoms with E-state index in [1.165, 1.54) is 18.2 Å². The fraction of sp³-hybridized carbons (Fsp3) is 0.462. The van der Waals surface area contributed by atoms with Crippen LogP contribution >= 0.6 is 0 Å². The number of nitrogens with one attached hydrogen (secondary N) is 1. The summed E-state index contributed by atoms with van der Waals surface area (Å²) < 4.78 is 18.2. The molecule has 0 saturated heterocycles. The second-order valence-corrected chi connectivity index (χ2v) is 3.64. The number of hydrogen-bond acceptors (Lipinski definition) is 3. The zero-order valence-electron chi connectivity index (χ0n) is 10.0. The minimum Gasteiger partial charge on any atom is -0.382 e. The molecule has 0 bridgehead atoms. The van der Waals surface area contributed by atoms with Gasteiger partial charge in [0.1, 0.15) is 5.82 Å². The van der Waals surface area contributed by atoms with Crippen LogP contribution in [0.5, 0.6) is 0 Å². The van der Waals surface area contributed by atoms with Gasteiger partial charge in [0.2, 0.25) is 0 Å². The van der Waals surface area contributed by atoms with Crippen LogP contribution in [0.2, 0.25) is 0 Å². The molecular formula is C13H17FN2O. The Labute approximate surface area is 101 Å². The van der Waals surface area contributed by atoms with Crippen molar-refractivity contribution in [2.24, 2.45) is 0 Å². The highest BCUT2D eigenvalue weighted by Crippen LogP contribution is 2.09. The molecule has 4 heteroatoms. The maximum atomic E-state index is 13.0. The van der Waals surface area contributed by atoms with Gasteiger partial charge in [-0.1, -0.05) is 0 Å². The van der Waals surface area contributed by atoms with E-state index in [1.54, 1.807) is 0 Å². The Hall–Kier alpha value is -1.44. The van der Waals surface area contributed by atoms with Crippen molar-refractivity contribution in [2.75, 3.05) is 19.8 Å². The van der Waals surface area contributed by atoms with Gasteiger partial charge in [-0.2, -0.15) is 5.26 Å².